The highest BCUT2D eigenvalue weighted by molar-refractivity contribution is 6.02. The minimum Gasteiger partial charge on any atom is -0.507 e. The molecule has 1 aliphatic heterocycles. The van der Waals surface area contributed by atoms with Gasteiger partial charge in [-0.15, -0.1) is 5.10 Å². The van der Waals surface area contributed by atoms with Gasteiger partial charge >= 0.3 is 0 Å². The lowest BCUT2D eigenvalue weighted by atomic mass is 10.1. The van der Waals surface area contributed by atoms with Crippen molar-refractivity contribution in [3.05, 3.63) is 41.2 Å². The second-order valence-corrected chi connectivity index (χ2v) is 6.91. The van der Waals surface area contributed by atoms with Gasteiger partial charge < -0.3 is 10.8 Å². The summed E-state index contributed by atoms with van der Waals surface area (Å²) in [6.07, 6.45) is 2.19. The molecule has 4 rings (SSSR count). The monoisotopic (exact) mass is 411 g/mol. The maximum Gasteiger partial charge on any atom is 0.292 e. The molecule has 1 amide bonds. The predicted molar refractivity (Wildman–Crippen MR) is 106 cm³/mol. The molecule has 3 aromatic rings. The van der Waals surface area contributed by atoms with Gasteiger partial charge in [-0.3, -0.25) is 9.69 Å². The number of carbonyl (C=O) groups excluding carboxylic acids is 1. The van der Waals surface area contributed by atoms with E-state index in [0.29, 0.717) is 23.5 Å². The molecule has 1 fully saturated rings. The van der Waals surface area contributed by atoms with E-state index in [4.69, 9.17) is 5.73 Å². The molecule has 12 heteroatoms. The topological polar surface area (TPSA) is 161 Å². The average Bonchev–Trinajstić information content (AvgIpc) is 3.48. The van der Waals surface area contributed by atoms with Crippen LogP contribution < -0.4 is 11.2 Å². The quantitative estimate of drug-likeness (QED) is 0.391. The molecule has 3 heterocycles. The van der Waals surface area contributed by atoms with E-state index >= 15 is 0 Å². The third-order valence-corrected chi connectivity index (χ3v) is 4.84. The largest absolute Gasteiger partial charge is 0.507 e. The number of hydrazone groups is 1. The summed E-state index contributed by atoms with van der Waals surface area (Å²) in [7, 11) is 0. The molecule has 0 bridgehead atoms. The van der Waals surface area contributed by atoms with Gasteiger partial charge in [0.1, 0.15) is 11.4 Å². The van der Waals surface area contributed by atoms with Crippen LogP contribution in [0.2, 0.25) is 0 Å². The first-order valence-electron chi connectivity index (χ1n) is 9.43. The zero-order valence-corrected chi connectivity index (χ0v) is 16.3. The third kappa shape index (κ3) is 3.85. The number of rotatable bonds is 6. The molecule has 0 radical (unpaired) electrons. The number of nitrogen functional groups attached to an aromatic ring is 1. The summed E-state index contributed by atoms with van der Waals surface area (Å²) in [5.41, 5.74) is 9.82. The van der Waals surface area contributed by atoms with Gasteiger partial charge in [-0.05, 0) is 55.3 Å². The Morgan fingerprint density at radius 1 is 1.30 bits per heavy atom. The summed E-state index contributed by atoms with van der Waals surface area (Å²) in [6, 6.07) is 6.72. The molecule has 0 saturated carbocycles. The van der Waals surface area contributed by atoms with Crippen LogP contribution in [-0.4, -0.2) is 60.0 Å². The molecule has 12 nitrogen and oxygen atoms in total. The second kappa shape index (κ2) is 8.29. The van der Waals surface area contributed by atoms with E-state index in [9.17, 15) is 9.90 Å². The number of nitrogens with zero attached hydrogens (tertiary/aromatic N) is 7. The minimum atomic E-state index is -0.550. The molecule has 2 aromatic heterocycles. The maximum absolute atomic E-state index is 13.0. The predicted octanol–water partition coefficient (Wildman–Crippen LogP) is 0.688. The van der Waals surface area contributed by atoms with Crippen LogP contribution in [-0.2, 0) is 6.54 Å². The smallest absolute Gasteiger partial charge is 0.292 e. The molecular weight excluding hydrogens is 390 g/mol. The fourth-order valence-corrected chi connectivity index (χ4v) is 3.31. The highest BCUT2D eigenvalue weighted by atomic mass is 16.6. The first-order valence-corrected chi connectivity index (χ1v) is 9.43. The van der Waals surface area contributed by atoms with Crippen molar-refractivity contribution in [3.8, 4) is 11.6 Å². The Morgan fingerprint density at radius 2 is 2.07 bits per heavy atom. The van der Waals surface area contributed by atoms with Crippen molar-refractivity contribution in [2.45, 2.75) is 26.3 Å². The number of hydrogen-bond donors (Lipinski definition) is 3. The van der Waals surface area contributed by atoms with Crippen molar-refractivity contribution in [2.24, 2.45) is 5.10 Å². The van der Waals surface area contributed by atoms with E-state index in [1.807, 2.05) is 0 Å². The Morgan fingerprint density at radius 3 is 2.77 bits per heavy atom. The van der Waals surface area contributed by atoms with Gasteiger partial charge in [0, 0.05) is 12.1 Å². The highest BCUT2D eigenvalue weighted by Crippen LogP contribution is 2.19. The van der Waals surface area contributed by atoms with E-state index in [-0.39, 0.29) is 23.1 Å². The number of nitrogens with two attached hydrogens (primary N) is 1. The fraction of sp³-hybridized carbons (Fsp3) is 0.333. The van der Waals surface area contributed by atoms with Gasteiger partial charge in [0.15, 0.2) is 5.69 Å². The Bertz CT molecular complexity index is 1080. The van der Waals surface area contributed by atoms with Crippen molar-refractivity contribution in [1.29, 1.82) is 0 Å². The molecule has 1 aromatic carbocycles. The van der Waals surface area contributed by atoms with Gasteiger partial charge in [0.25, 0.3) is 5.91 Å². The van der Waals surface area contributed by atoms with Gasteiger partial charge in [-0.25, -0.2) is 10.1 Å². The van der Waals surface area contributed by atoms with Crippen LogP contribution in [0.25, 0.3) is 5.82 Å². The Labute approximate surface area is 171 Å². The molecular formula is C18H21N9O3. The van der Waals surface area contributed by atoms with Crippen molar-refractivity contribution in [2.75, 3.05) is 18.8 Å². The number of likely N-dealkylation sites (tertiary alicyclic amines) is 1. The van der Waals surface area contributed by atoms with Crippen molar-refractivity contribution < 1.29 is 14.5 Å². The molecule has 4 N–H and O–H groups in total. The van der Waals surface area contributed by atoms with Gasteiger partial charge in [0.2, 0.25) is 11.6 Å². The number of aromatic hydroxyl groups is 1. The van der Waals surface area contributed by atoms with Crippen LogP contribution in [0.3, 0.4) is 0 Å². The summed E-state index contributed by atoms with van der Waals surface area (Å²) in [5.74, 6) is -0.431. The van der Waals surface area contributed by atoms with Gasteiger partial charge in [-0.2, -0.15) is 9.78 Å². The second-order valence-electron chi connectivity index (χ2n) is 6.91. The van der Waals surface area contributed by atoms with Crippen LogP contribution in [0.5, 0.6) is 5.75 Å². The lowest BCUT2D eigenvalue weighted by molar-refractivity contribution is 0.0945. The number of hydrogen-bond acceptors (Lipinski definition) is 10. The maximum atomic E-state index is 13.0. The van der Waals surface area contributed by atoms with Crippen molar-refractivity contribution >= 4 is 17.4 Å². The standard InChI is InChI=1S/C18H21N9O3/c1-11(12-6-2-3-7-14(12)28)20-22-18(29)15-13(10-26-8-4-5-9-26)21-25-27(15)17-16(19)23-30-24-17/h2-3,6-7,28H,4-5,8-10H2,1H3,(H2,19,23)(H,22,29)/b20-11+. The molecule has 1 aliphatic rings. The van der Waals surface area contributed by atoms with E-state index in [1.54, 1.807) is 31.2 Å². The van der Waals surface area contributed by atoms with E-state index in [1.165, 1.54) is 4.68 Å². The number of phenols is 1. The number of anilines is 1. The zero-order chi connectivity index (χ0) is 21.1. The van der Waals surface area contributed by atoms with Gasteiger partial charge in [0.05, 0.1) is 5.71 Å². The summed E-state index contributed by atoms with van der Waals surface area (Å²) in [6.45, 7) is 3.98. The fourth-order valence-electron chi connectivity index (χ4n) is 3.31. The third-order valence-electron chi connectivity index (χ3n) is 4.84. The summed E-state index contributed by atoms with van der Waals surface area (Å²) < 4.78 is 5.83. The average molecular weight is 411 g/mol. The number of nitrogens with one attached hydrogen (secondary N) is 1. The normalized spacial score (nSPS) is 14.9. The highest BCUT2D eigenvalue weighted by Gasteiger charge is 2.27. The summed E-state index contributed by atoms with van der Waals surface area (Å²) in [5, 5.41) is 29.5. The van der Waals surface area contributed by atoms with Crippen LogP contribution in [0.15, 0.2) is 34.0 Å². The lowest BCUT2D eigenvalue weighted by Gasteiger charge is -2.13. The number of amides is 1. The number of para-hydroxylation sites is 1. The van der Waals surface area contributed by atoms with E-state index < -0.39 is 5.91 Å². The van der Waals surface area contributed by atoms with Crippen molar-refractivity contribution in [3.63, 3.8) is 0 Å². The molecule has 30 heavy (non-hydrogen) atoms. The molecule has 156 valence electrons. The molecule has 1 saturated heterocycles. The number of phenolic OH excluding ortho intramolecular Hbond substituents is 1. The molecule has 0 unspecified atom stereocenters. The number of carbonyl (C=O) groups is 1. The number of benzene rings is 1. The Hall–Kier alpha value is -3.80. The summed E-state index contributed by atoms with van der Waals surface area (Å²) >= 11 is 0. The SMILES string of the molecule is C/C(=N\NC(=O)c1c(CN2CCCC2)nnn1-c1nonc1N)c1ccccc1O. The molecule has 0 spiro atoms. The van der Waals surface area contributed by atoms with Gasteiger partial charge in [-0.1, -0.05) is 17.3 Å². The lowest BCUT2D eigenvalue weighted by Crippen LogP contribution is -2.26. The molecule has 0 aliphatic carbocycles. The zero-order valence-electron chi connectivity index (χ0n) is 16.3. The molecule has 0 atom stereocenters. The van der Waals surface area contributed by atoms with E-state index in [0.717, 1.165) is 25.9 Å². The van der Waals surface area contributed by atoms with E-state index in [2.05, 4.69) is 40.7 Å². The Balaban J connectivity index is 1.64. The first kappa shape index (κ1) is 19.5. The van der Waals surface area contributed by atoms with Crippen LogP contribution in [0, 0.1) is 0 Å². The summed E-state index contributed by atoms with van der Waals surface area (Å²) in [4.78, 5) is 15.2. The minimum absolute atomic E-state index is 0.0180. The first-order chi connectivity index (χ1) is 14.5. The number of aromatic nitrogens is 5. The van der Waals surface area contributed by atoms with Crippen LogP contribution in [0.1, 0.15) is 41.5 Å². The Kier molecular flexibility index (Phi) is 5.39. The van der Waals surface area contributed by atoms with Crippen molar-refractivity contribution in [1.82, 2.24) is 35.6 Å². The van der Waals surface area contributed by atoms with Crippen LogP contribution >= 0.6 is 0 Å². The van der Waals surface area contributed by atoms with Crippen LogP contribution in [0.4, 0.5) is 5.82 Å².